The van der Waals surface area contributed by atoms with Crippen molar-refractivity contribution in [2.45, 2.75) is 40.2 Å². The number of aromatic nitrogens is 1. The molecule has 2 aromatic rings. The summed E-state index contributed by atoms with van der Waals surface area (Å²) in [6, 6.07) is 4.25. The molecule has 1 atom stereocenters. The molecular formula is C19H24N2O3S. The van der Waals surface area contributed by atoms with E-state index in [1.54, 1.807) is 6.08 Å². The van der Waals surface area contributed by atoms with Gasteiger partial charge in [0, 0.05) is 35.4 Å². The number of amides is 1. The fourth-order valence-corrected chi connectivity index (χ4v) is 4.87. The number of sulfone groups is 1. The number of hydrogen-bond donors (Lipinski definition) is 2. The highest BCUT2D eigenvalue weighted by molar-refractivity contribution is 7.94. The molecule has 1 aromatic carbocycles. The lowest BCUT2D eigenvalue weighted by Crippen LogP contribution is -2.25. The predicted octanol–water partition coefficient (Wildman–Crippen LogP) is 2.91. The molecule has 25 heavy (non-hydrogen) atoms. The number of fused-ring (bicyclic) bond motifs is 1. The molecular weight excluding hydrogens is 336 g/mol. The number of aryl methyl sites for hydroxylation is 3. The molecule has 1 aliphatic rings. The van der Waals surface area contributed by atoms with E-state index >= 15 is 0 Å². The summed E-state index contributed by atoms with van der Waals surface area (Å²) in [7, 11) is -3.11. The van der Waals surface area contributed by atoms with Gasteiger partial charge in [0.05, 0.1) is 11.3 Å². The molecule has 0 spiro atoms. The zero-order chi connectivity index (χ0) is 18.2. The second kappa shape index (κ2) is 6.67. The van der Waals surface area contributed by atoms with Gasteiger partial charge in [-0.05, 0) is 37.5 Å². The second-order valence-corrected chi connectivity index (χ2v) is 8.76. The van der Waals surface area contributed by atoms with Crippen LogP contribution < -0.4 is 5.32 Å². The van der Waals surface area contributed by atoms with Crippen molar-refractivity contribution in [3.05, 3.63) is 46.0 Å². The fraction of sp³-hybridized carbons (Fsp3) is 0.421. The highest BCUT2D eigenvalue weighted by Crippen LogP contribution is 2.27. The van der Waals surface area contributed by atoms with Crippen LogP contribution in [0.2, 0.25) is 0 Å². The van der Waals surface area contributed by atoms with Crippen molar-refractivity contribution in [2.75, 3.05) is 5.75 Å². The summed E-state index contributed by atoms with van der Waals surface area (Å²) in [5.41, 5.74) is 5.76. The molecule has 1 aromatic heterocycles. The molecule has 0 aliphatic carbocycles. The number of carbonyl (C=O) groups is 1. The molecule has 1 amide bonds. The van der Waals surface area contributed by atoms with Crippen LogP contribution in [0.5, 0.6) is 0 Å². The number of nitrogens with one attached hydrogen (secondary N) is 2. The van der Waals surface area contributed by atoms with Crippen molar-refractivity contribution in [2.24, 2.45) is 5.92 Å². The van der Waals surface area contributed by atoms with E-state index in [1.165, 1.54) is 22.1 Å². The summed E-state index contributed by atoms with van der Waals surface area (Å²) in [5, 5.41) is 5.34. The van der Waals surface area contributed by atoms with Crippen molar-refractivity contribution in [1.82, 2.24) is 10.3 Å². The van der Waals surface area contributed by atoms with Gasteiger partial charge in [0.15, 0.2) is 9.84 Å². The van der Waals surface area contributed by atoms with Crippen LogP contribution in [-0.2, 0) is 27.6 Å². The quantitative estimate of drug-likeness (QED) is 0.860. The maximum Gasteiger partial charge on any atom is 0.220 e. The average Bonchev–Trinajstić information content (AvgIpc) is 3.04. The van der Waals surface area contributed by atoms with Crippen molar-refractivity contribution in [3.63, 3.8) is 0 Å². The first-order valence-corrected chi connectivity index (χ1v) is 10.3. The Labute approximate surface area is 148 Å². The van der Waals surface area contributed by atoms with Gasteiger partial charge in [-0.25, -0.2) is 8.42 Å². The highest BCUT2D eigenvalue weighted by atomic mass is 32.2. The summed E-state index contributed by atoms with van der Waals surface area (Å²) in [5.74, 6) is -0.313. The van der Waals surface area contributed by atoms with Crippen LogP contribution in [0.15, 0.2) is 23.6 Å². The molecule has 0 bridgehead atoms. The Morgan fingerprint density at radius 1 is 1.32 bits per heavy atom. The standard InChI is InChI=1S/C19H24N2O3S/c1-4-17-13(3)16-8-12(2)7-15(19(16)21-17)10-20-18(22)9-14-5-6-25(23,24)11-14/h5-8,14,21H,4,9-11H2,1-3H3,(H,20,22). The Morgan fingerprint density at radius 3 is 2.72 bits per heavy atom. The Hall–Kier alpha value is -2.08. The van der Waals surface area contributed by atoms with E-state index in [1.807, 2.05) is 0 Å². The van der Waals surface area contributed by atoms with Crippen molar-refractivity contribution < 1.29 is 13.2 Å². The Bertz CT molecular complexity index is 955. The number of aromatic amines is 1. The Kier molecular flexibility index (Phi) is 4.73. The molecule has 134 valence electrons. The minimum Gasteiger partial charge on any atom is -0.358 e. The van der Waals surface area contributed by atoms with Gasteiger partial charge < -0.3 is 10.3 Å². The van der Waals surface area contributed by atoms with E-state index in [4.69, 9.17) is 0 Å². The minimum absolute atomic E-state index is 0.0325. The first kappa shape index (κ1) is 17.7. The Morgan fingerprint density at radius 2 is 2.08 bits per heavy atom. The highest BCUT2D eigenvalue weighted by Gasteiger charge is 2.23. The predicted molar refractivity (Wildman–Crippen MR) is 100 cm³/mol. The van der Waals surface area contributed by atoms with Gasteiger partial charge in [-0.3, -0.25) is 4.79 Å². The number of benzene rings is 1. The van der Waals surface area contributed by atoms with Crippen LogP contribution in [0.1, 0.15) is 35.7 Å². The summed E-state index contributed by atoms with van der Waals surface area (Å²) >= 11 is 0. The van der Waals surface area contributed by atoms with Gasteiger partial charge in [0.25, 0.3) is 0 Å². The maximum atomic E-state index is 12.2. The number of allylic oxidation sites excluding steroid dienone is 1. The zero-order valence-electron chi connectivity index (χ0n) is 14.8. The molecule has 6 heteroatoms. The normalized spacial score (nSPS) is 18.8. The van der Waals surface area contributed by atoms with Crippen LogP contribution in [0.4, 0.5) is 0 Å². The van der Waals surface area contributed by atoms with E-state index in [-0.39, 0.29) is 24.0 Å². The summed E-state index contributed by atoms with van der Waals surface area (Å²) in [6.45, 7) is 6.72. The molecule has 2 N–H and O–H groups in total. The summed E-state index contributed by atoms with van der Waals surface area (Å²) < 4.78 is 22.9. The molecule has 0 radical (unpaired) electrons. The van der Waals surface area contributed by atoms with Crippen LogP contribution in [0.3, 0.4) is 0 Å². The van der Waals surface area contributed by atoms with Crippen molar-refractivity contribution in [3.8, 4) is 0 Å². The molecule has 0 fully saturated rings. The van der Waals surface area contributed by atoms with Crippen LogP contribution in [0.25, 0.3) is 10.9 Å². The van der Waals surface area contributed by atoms with Gasteiger partial charge >= 0.3 is 0 Å². The van der Waals surface area contributed by atoms with Crippen LogP contribution in [-0.4, -0.2) is 25.1 Å². The van der Waals surface area contributed by atoms with Crippen molar-refractivity contribution >= 4 is 26.6 Å². The summed E-state index contributed by atoms with van der Waals surface area (Å²) in [6.07, 6.45) is 2.75. The molecule has 1 unspecified atom stereocenters. The third kappa shape index (κ3) is 3.79. The third-order valence-corrected chi connectivity index (χ3v) is 6.24. The minimum atomic E-state index is -3.11. The smallest absolute Gasteiger partial charge is 0.220 e. The lowest BCUT2D eigenvalue weighted by atomic mass is 10.0. The third-order valence-electron chi connectivity index (χ3n) is 4.78. The first-order valence-electron chi connectivity index (χ1n) is 8.57. The monoisotopic (exact) mass is 360 g/mol. The van der Waals surface area contributed by atoms with Gasteiger partial charge in [-0.15, -0.1) is 0 Å². The van der Waals surface area contributed by atoms with Gasteiger partial charge in [0.1, 0.15) is 0 Å². The molecule has 2 heterocycles. The number of carbonyl (C=O) groups excluding carboxylic acids is 1. The largest absolute Gasteiger partial charge is 0.358 e. The van der Waals surface area contributed by atoms with Gasteiger partial charge in [0.2, 0.25) is 5.91 Å². The number of rotatable bonds is 5. The molecule has 1 aliphatic heterocycles. The average molecular weight is 360 g/mol. The maximum absolute atomic E-state index is 12.2. The van der Waals surface area contributed by atoms with Crippen LogP contribution >= 0.6 is 0 Å². The lowest BCUT2D eigenvalue weighted by molar-refractivity contribution is -0.121. The molecule has 3 rings (SSSR count). The molecule has 5 nitrogen and oxygen atoms in total. The molecule has 0 saturated carbocycles. The van der Waals surface area contributed by atoms with Crippen molar-refractivity contribution in [1.29, 1.82) is 0 Å². The number of hydrogen-bond acceptors (Lipinski definition) is 3. The fourth-order valence-electron chi connectivity index (χ4n) is 3.48. The SMILES string of the molecule is CCc1[nH]c2c(CNC(=O)CC3C=CS(=O)(=O)C3)cc(C)cc2c1C. The van der Waals surface area contributed by atoms with Gasteiger partial charge in [-0.2, -0.15) is 0 Å². The lowest BCUT2D eigenvalue weighted by Gasteiger charge is -2.10. The van der Waals surface area contributed by atoms with E-state index < -0.39 is 9.84 Å². The second-order valence-electron chi connectivity index (χ2n) is 6.83. The summed E-state index contributed by atoms with van der Waals surface area (Å²) in [4.78, 5) is 15.7. The molecule has 0 saturated heterocycles. The van der Waals surface area contributed by atoms with E-state index in [0.717, 1.165) is 23.1 Å². The van der Waals surface area contributed by atoms with E-state index in [9.17, 15) is 13.2 Å². The van der Waals surface area contributed by atoms with E-state index in [2.05, 4.69) is 43.2 Å². The van der Waals surface area contributed by atoms with Crippen LogP contribution in [0, 0.1) is 19.8 Å². The number of H-pyrrole nitrogens is 1. The van der Waals surface area contributed by atoms with Gasteiger partial charge in [-0.1, -0.05) is 24.6 Å². The topological polar surface area (TPSA) is 79.0 Å². The zero-order valence-corrected chi connectivity index (χ0v) is 15.7. The first-order chi connectivity index (χ1) is 11.8. The van der Waals surface area contributed by atoms with E-state index in [0.29, 0.717) is 6.54 Å². The Balaban J connectivity index is 1.73.